The van der Waals surface area contributed by atoms with E-state index in [1.165, 1.54) is 0 Å². The Balaban J connectivity index is 3.04. The van der Waals surface area contributed by atoms with Gasteiger partial charge in [-0.3, -0.25) is 0 Å². The lowest BCUT2D eigenvalue weighted by atomic mass is 10.5. The van der Waals surface area contributed by atoms with Crippen LogP contribution < -0.4 is 0 Å². The van der Waals surface area contributed by atoms with E-state index in [4.69, 9.17) is 4.42 Å². The second-order valence-corrected chi connectivity index (χ2v) is 2.25. The summed E-state index contributed by atoms with van der Waals surface area (Å²) in [6, 6.07) is 7.72. The van der Waals surface area contributed by atoms with Crippen molar-refractivity contribution in [1.29, 1.82) is 0 Å². The average Bonchev–Trinajstić information content (AvgIpc) is 2.00. The van der Waals surface area contributed by atoms with Crippen LogP contribution >= 0.6 is 8.19 Å². The van der Waals surface area contributed by atoms with Gasteiger partial charge in [-0.1, -0.05) is 18.2 Å². The van der Waals surface area contributed by atoms with E-state index in [1.54, 1.807) is 12.3 Å². The molecule has 0 saturated heterocycles. The molecule has 1 rings (SSSR count). The van der Waals surface area contributed by atoms with Gasteiger partial charge >= 0.3 is 0 Å². The standard InChI is InChI=1S/C7H7OP/c1-2-4-6-9-7-8-5-3-1/h1-7H. The smallest absolute Gasteiger partial charge is 0.116 e. The van der Waals surface area contributed by atoms with Crippen LogP contribution in [0, 0.1) is 0 Å². The quantitative estimate of drug-likeness (QED) is 0.537. The van der Waals surface area contributed by atoms with E-state index >= 15 is 0 Å². The molecule has 0 aliphatic heterocycles. The molecule has 1 aromatic rings. The molecule has 0 N–H and O–H groups in total. The summed E-state index contributed by atoms with van der Waals surface area (Å²) >= 11 is 0. The van der Waals surface area contributed by atoms with Crippen molar-refractivity contribution in [3.63, 3.8) is 0 Å². The fourth-order valence-corrected chi connectivity index (χ4v) is 0.833. The molecule has 0 fully saturated rings. The molecule has 0 spiro atoms. The van der Waals surface area contributed by atoms with Gasteiger partial charge in [-0.05, 0) is 20.1 Å². The molecule has 1 nitrogen and oxygen atoms in total. The highest BCUT2D eigenvalue weighted by molar-refractivity contribution is 7.27. The van der Waals surface area contributed by atoms with Gasteiger partial charge in [0.15, 0.2) is 0 Å². The van der Waals surface area contributed by atoms with Crippen LogP contribution in [0.5, 0.6) is 0 Å². The number of rotatable bonds is 0. The molecule has 0 saturated carbocycles. The predicted molar refractivity (Wildman–Crippen MR) is 38.8 cm³/mol. The summed E-state index contributed by atoms with van der Waals surface area (Å²) in [7, 11) is 1.08. The SMILES string of the molecule is c1cccpcocc1. The predicted octanol–water partition coefficient (Wildman–Crippen LogP) is 2.98. The van der Waals surface area contributed by atoms with E-state index in [0.29, 0.717) is 0 Å². The fourth-order valence-electron chi connectivity index (χ4n) is 0.424. The molecule has 0 unspecified atom stereocenters. The number of hydrogen-bond donors (Lipinski definition) is 0. The lowest BCUT2D eigenvalue weighted by Crippen LogP contribution is -1.38. The second kappa shape index (κ2) is 4.11. The van der Waals surface area contributed by atoms with Gasteiger partial charge in [0.25, 0.3) is 0 Å². The molecule has 0 bridgehead atoms. The average molecular weight is 138 g/mol. The van der Waals surface area contributed by atoms with E-state index in [0.717, 1.165) is 8.19 Å². The molecule has 1 aromatic heterocycles. The monoisotopic (exact) mass is 138 g/mol. The van der Waals surface area contributed by atoms with Crippen molar-refractivity contribution in [3.8, 4) is 0 Å². The summed E-state index contributed by atoms with van der Waals surface area (Å²) < 4.78 is 4.93. The van der Waals surface area contributed by atoms with Gasteiger partial charge in [-0.15, -0.1) is 0 Å². The van der Waals surface area contributed by atoms with Gasteiger partial charge in [-0.2, -0.15) is 0 Å². The molecule has 2 heteroatoms. The summed E-state index contributed by atoms with van der Waals surface area (Å²) in [4.78, 5) is 0. The molecule has 9 heavy (non-hydrogen) atoms. The summed E-state index contributed by atoms with van der Waals surface area (Å²) in [6.45, 7) is 0. The van der Waals surface area contributed by atoms with Crippen molar-refractivity contribution >= 4 is 8.19 Å². The number of hydrogen-bond acceptors (Lipinski definition) is 1. The first kappa shape index (κ1) is 6.31. The Morgan fingerprint density at radius 1 is 1.00 bits per heavy atom. The van der Waals surface area contributed by atoms with Crippen LogP contribution in [0.3, 0.4) is 0 Å². The lowest BCUT2D eigenvalue weighted by molar-refractivity contribution is 0.566. The summed E-state index contributed by atoms with van der Waals surface area (Å²) in [5, 5.41) is 0. The Labute approximate surface area is 55.8 Å². The van der Waals surface area contributed by atoms with Gasteiger partial charge in [-0.25, -0.2) is 0 Å². The zero-order valence-corrected chi connectivity index (χ0v) is 5.79. The molecule has 0 aliphatic rings. The Bertz CT molecular complexity index is 131. The maximum absolute atomic E-state index is 4.93. The zero-order chi connectivity index (χ0) is 6.36. The highest BCUT2D eigenvalue weighted by Crippen LogP contribution is 1.95. The van der Waals surface area contributed by atoms with Crippen LogP contribution in [-0.2, 0) is 0 Å². The first-order chi connectivity index (χ1) is 4.50. The van der Waals surface area contributed by atoms with Gasteiger partial charge in [0.2, 0.25) is 0 Å². The fraction of sp³-hybridized carbons (Fsp3) is 0. The third-order valence-corrected chi connectivity index (χ3v) is 1.37. The highest BCUT2D eigenvalue weighted by Gasteiger charge is 1.59. The van der Waals surface area contributed by atoms with Crippen LogP contribution in [0.2, 0.25) is 0 Å². The maximum atomic E-state index is 4.93. The second-order valence-electron chi connectivity index (χ2n) is 1.45. The van der Waals surface area contributed by atoms with Crippen molar-refractivity contribution in [1.82, 2.24) is 0 Å². The third-order valence-electron chi connectivity index (χ3n) is 0.784. The highest BCUT2D eigenvalue weighted by atomic mass is 31.0. The molecule has 0 amide bonds. The lowest BCUT2D eigenvalue weighted by Gasteiger charge is -1.64. The van der Waals surface area contributed by atoms with Crippen molar-refractivity contribution in [2.45, 2.75) is 0 Å². The topological polar surface area (TPSA) is 13.1 Å². The molecule has 0 aromatic carbocycles. The van der Waals surface area contributed by atoms with Gasteiger partial charge in [0.05, 0.1) is 6.26 Å². The van der Waals surface area contributed by atoms with Crippen LogP contribution in [-0.4, -0.2) is 0 Å². The van der Waals surface area contributed by atoms with E-state index in [2.05, 4.69) is 0 Å². The van der Waals surface area contributed by atoms with Crippen LogP contribution in [0.4, 0.5) is 0 Å². The van der Waals surface area contributed by atoms with Gasteiger partial charge in [0, 0.05) is 0 Å². The maximum Gasteiger partial charge on any atom is 0.116 e. The molecule has 0 atom stereocenters. The largest absolute Gasteiger partial charge is 0.468 e. The van der Waals surface area contributed by atoms with Crippen LogP contribution in [0.15, 0.2) is 46.7 Å². The van der Waals surface area contributed by atoms with Crippen molar-refractivity contribution in [2.24, 2.45) is 0 Å². The molecular weight excluding hydrogens is 131 g/mol. The Hall–Kier alpha value is -0.810. The minimum atomic E-state index is 1.08. The van der Waals surface area contributed by atoms with E-state index in [-0.39, 0.29) is 0 Å². The zero-order valence-electron chi connectivity index (χ0n) is 4.90. The van der Waals surface area contributed by atoms with E-state index < -0.39 is 0 Å². The van der Waals surface area contributed by atoms with Crippen molar-refractivity contribution in [2.75, 3.05) is 0 Å². The van der Waals surface area contributed by atoms with Gasteiger partial charge in [0.1, 0.15) is 5.99 Å². The first-order valence-corrected chi connectivity index (χ1v) is 3.69. The van der Waals surface area contributed by atoms with Gasteiger partial charge < -0.3 is 4.42 Å². The van der Waals surface area contributed by atoms with Crippen molar-refractivity contribution < 1.29 is 4.42 Å². The Kier molecular flexibility index (Phi) is 2.88. The minimum absolute atomic E-state index is 1.08. The summed E-state index contributed by atoms with van der Waals surface area (Å²) in [5.74, 6) is 3.73. The van der Waals surface area contributed by atoms with Crippen molar-refractivity contribution in [3.05, 3.63) is 42.3 Å². The summed E-state index contributed by atoms with van der Waals surface area (Å²) in [6.07, 6.45) is 1.65. The van der Waals surface area contributed by atoms with Crippen LogP contribution in [0.1, 0.15) is 0 Å². The Morgan fingerprint density at radius 3 is 2.89 bits per heavy atom. The molecular formula is C7H7OP. The Morgan fingerprint density at radius 2 is 1.89 bits per heavy atom. The van der Waals surface area contributed by atoms with E-state index in [9.17, 15) is 0 Å². The summed E-state index contributed by atoms with van der Waals surface area (Å²) in [5.41, 5.74) is 0. The molecule has 0 radical (unpaired) electrons. The first-order valence-electron chi connectivity index (χ1n) is 2.65. The minimum Gasteiger partial charge on any atom is -0.468 e. The normalized spacial score (nSPS) is 8.89. The molecule has 0 aliphatic carbocycles. The van der Waals surface area contributed by atoms with Crippen LogP contribution in [0.25, 0.3) is 0 Å². The van der Waals surface area contributed by atoms with E-state index in [1.807, 2.05) is 30.1 Å². The molecule has 1 heterocycles. The molecule has 46 valence electrons. The third kappa shape index (κ3) is 2.89.